The predicted molar refractivity (Wildman–Crippen MR) is 64.1 cm³/mol. The number of carbonyl (C=O) groups is 1. The number of rotatable bonds is 4. The molecule has 0 saturated carbocycles. The number of hydrogen-bond acceptors (Lipinski definition) is 4. The fraction of sp³-hybridized carbons (Fsp3) is 0.364. The summed E-state index contributed by atoms with van der Waals surface area (Å²) in [5.74, 6) is 0.185. The quantitative estimate of drug-likeness (QED) is 0.859. The minimum atomic E-state index is -0.634. The van der Waals surface area contributed by atoms with E-state index in [0.717, 1.165) is 10.0 Å². The molecule has 0 aliphatic heterocycles. The summed E-state index contributed by atoms with van der Waals surface area (Å²) in [5.41, 5.74) is 6.49. The van der Waals surface area contributed by atoms with E-state index >= 15 is 0 Å². The van der Waals surface area contributed by atoms with Gasteiger partial charge >= 0.3 is 5.97 Å². The Kier molecular flexibility index (Phi) is 4.76. The molecule has 0 bridgehead atoms. The van der Waals surface area contributed by atoms with Gasteiger partial charge in [0.25, 0.3) is 0 Å². The molecule has 5 heteroatoms. The van der Waals surface area contributed by atoms with Crippen molar-refractivity contribution in [3.05, 3.63) is 28.2 Å². The van der Waals surface area contributed by atoms with Crippen molar-refractivity contribution in [1.29, 1.82) is 0 Å². The number of hydrogen-bond donors (Lipinski definition) is 1. The van der Waals surface area contributed by atoms with Crippen molar-refractivity contribution < 1.29 is 14.3 Å². The number of ether oxygens (including phenoxy) is 2. The second-order valence-electron chi connectivity index (χ2n) is 3.25. The number of methoxy groups -OCH3 is 1. The van der Waals surface area contributed by atoms with Crippen molar-refractivity contribution in [2.75, 3.05) is 7.11 Å². The lowest BCUT2D eigenvalue weighted by molar-refractivity contribution is -0.147. The third-order valence-electron chi connectivity index (χ3n) is 2.07. The van der Waals surface area contributed by atoms with Gasteiger partial charge in [-0.15, -0.1) is 0 Å². The molecule has 0 radical (unpaired) electrons. The summed E-state index contributed by atoms with van der Waals surface area (Å²) in [5, 5.41) is 0. The van der Waals surface area contributed by atoms with E-state index in [4.69, 9.17) is 10.5 Å². The van der Waals surface area contributed by atoms with Gasteiger partial charge in [0.15, 0.2) is 6.10 Å². The highest BCUT2D eigenvalue weighted by molar-refractivity contribution is 9.10. The van der Waals surface area contributed by atoms with Gasteiger partial charge in [-0.25, -0.2) is 4.79 Å². The molecule has 2 N–H and O–H groups in total. The average molecular weight is 288 g/mol. The number of nitrogens with two attached hydrogens (primary N) is 1. The van der Waals surface area contributed by atoms with Crippen molar-refractivity contribution in [1.82, 2.24) is 0 Å². The number of carbonyl (C=O) groups excluding carboxylic acids is 1. The molecular weight excluding hydrogens is 274 g/mol. The minimum Gasteiger partial charge on any atom is -0.478 e. The Labute approximate surface area is 103 Å². The first-order valence-corrected chi connectivity index (χ1v) is 5.60. The summed E-state index contributed by atoms with van der Waals surface area (Å²) in [6.45, 7) is 2.10. The first-order valence-electron chi connectivity index (χ1n) is 4.81. The van der Waals surface area contributed by atoms with Crippen LogP contribution in [-0.4, -0.2) is 19.2 Å². The molecule has 0 saturated heterocycles. The van der Waals surface area contributed by atoms with Crippen molar-refractivity contribution in [2.24, 2.45) is 5.73 Å². The molecule has 0 spiro atoms. The molecule has 0 aliphatic carbocycles. The van der Waals surface area contributed by atoms with Crippen LogP contribution in [-0.2, 0) is 16.1 Å². The highest BCUT2D eigenvalue weighted by Gasteiger charge is 2.16. The summed E-state index contributed by atoms with van der Waals surface area (Å²) < 4.78 is 10.8. The van der Waals surface area contributed by atoms with Crippen LogP contribution in [0.25, 0.3) is 0 Å². The highest BCUT2D eigenvalue weighted by atomic mass is 79.9. The first kappa shape index (κ1) is 13.0. The minimum absolute atomic E-state index is 0.408. The lowest BCUT2D eigenvalue weighted by atomic mass is 10.2. The number of halogens is 1. The van der Waals surface area contributed by atoms with Gasteiger partial charge in [0.05, 0.1) is 11.6 Å². The van der Waals surface area contributed by atoms with Gasteiger partial charge in [-0.2, -0.15) is 0 Å². The molecule has 1 rings (SSSR count). The Balaban J connectivity index is 2.78. The Morgan fingerprint density at radius 3 is 2.75 bits per heavy atom. The zero-order valence-electron chi connectivity index (χ0n) is 9.20. The monoisotopic (exact) mass is 287 g/mol. The molecule has 1 aromatic carbocycles. The van der Waals surface area contributed by atoms with Gasteiger partial charge in [-0.3, -0.25) is 0 Å². The lowest BCUT2D eigenvalue weighted by Gasteiger charge is -2.14. The molecule has 0 aromatic heterocycles. The van der Waals surface area contributed by atoms with Crippen LogP contribution in [0.3, 0.4) is 0 Å². The molecule has 16 heavy (non-hydrogen) atoms. The van der Waals surface area contributed by atoms with Crippen LogP contribution in [0.15, 0.2) is 22.7 Å². The zero-order chi connectivity index (χ0) is 12.1. The van der Waals surface area contributed by atoms with Gasteiger partial charge in [-0.1, -0.05) is 6.07 Å². The molecule has 1 atom stereocenters. The number of esters is 1. The Bertz CT molecular complexity index is 381. The smallest absolute Gasteiger partial charge is 0.346 e. The van der Waals surface area contributed by atoms with Crippen LogP contribution in [0.1, 0.15) is 12.5 Å². The Morgan fingerprint density at radius 1 is 1.56 bits per heavy atom. The molecule has 0 heterocycles. The third kappa shape index (κ3) is 3.21. The first-order chi connectivity index (χ1) is 7.58. The molecule has 0 aliphatic rings. The Morgan fingerprint density at radius 2 is 2.25 bits per heavy atom. The van der Waals surface area contributed by atoms with Gasteiger partial charge in [-0.05, 0) is 40.5 Å². The standard InChI is InChI=1S/C11H14BrNO3/c1-7(11(14)15-2)16-10-4-3-8(6-13)5-9(10)12/h3-5,7H,6,13H2,1-2H3. The lowest BCUT2D eigenvalue weighted by Crippen LogP contribution is -2.25. The largest absolute Gasteiger partial charge is 0.478 e. The van der Waals surface area contributed by atoms with Crippen LogP contribution in [0.2, 0.25) is 0 Å². The van der Waals surface area contributed by atoms with E-state index in [1.165, 1.54) is 7.11 Å². The van der Waals surface area contributed by atoms with Crippen LogP contribution < -0.4 is 10.5 Å². The maximum atomic E-state index is 11.2. The van der Waals surface area contributed by atoms with Crippen LogP contribution in [0.5, 0.6) is 5.75 Å². The Hall–Kier alpha value is -1.07. The third-order valence-corrected chi connectivity index (χ3v) is 2.69. The van der Waals surface area contributed by atoms with Crippen molar-refractivity contribution in [3.8, 4) is 5.75 Å². The second kappa shape index (κ2) is 5.86. The maximum Gasteiger partial charge on any atom is 0.346 e. The van der Waals surface area contributed by atoms with Gasteiger partial charge < -0.3 is 15.2 Å². The topological polar surface area (TPSA) is 61.5 Å². The van der Waals surface area contributed by atoms with Crippen LogP contribution in [0.4, 0.5) is 0 Å². The summed E-state index contributed by atoms with van der Waals surface area (Å²) in [6.07, 6.45) is -0.634. The van der Waals surface area contributed by atoms with Crippen LogP contribution >= 0.6 is 15.9 Å². The summed E-state index contributed by atoms with van der Waals surface area (Å²) in [6, 6.07) is 5.48. The van der Waals surface area contributed by atoms with Gasteiger partial charge in [0.1, 0.15) is 5.75 Å². The van der Waals surface area contributed by atoms with E-state index in [9.17, 15) is 4.79 Å². The van der Waals surface area contributed by atoms with E-state index in [-0.39, 0.29) is 0 Å². The fourth-order valence-electron chi connectivity index (χ4n) is 1.17. The average Bonchev–Trinajstić information content (AvgIpc) is 2.30. The van der Waals surface area contributed by atoms with Crippen molar-refractivity contribution in [2.45, 2.75) is 19.6 Å². The summed E-state index contributed by atoms with van der Waals surface area (Å²) >= 11 is 3.35. The van der Waals surface area contributed by atoms with Crippen LogP contribution in [0, 0.1) is 0 Å². The maximum absolute atomic E-state index is 11.2. The molecule has 4 nitrogen and oxygen atoms in total. The number of benzene rings is 1. The second-order valence-corrected chi connectivity index (χ2v) is 4.11. The molecule has 0 amide bonds. The normalized spacial score (nSPS) is 12.0. The highest BCUT2D eigenvalue weighted by Crippen LogP contribution is 2.26. The van der Waals surface area contributed by atoms with Crippen molar-refractivity contribution in [3.63, 3.8) is 0 Å². The molecule has 0 fully saturated rings. The van der Waals surface area contributed by atoms with E-state index in [2.05, 4.69) is 20.7 Å². The van der Waals surface area contributed by atoms with Gasteiger partial charge in [0, 0.05) is 6.54 Å². The molecule has 1 unspecified atom stereocenters. The molecule has 1 aromatic rings. The van der Waals surface area contributed by atoms with Crippen molar-refractivity contribution >= 4 is 21.9 Å². The summed E-state index contributed by atoms with van der Waals surface area (Å²) in [4.78, 5) is 11.2. The fourth-order valence-corrected chi connectivity index (χ4v) is 1.69. The predicted octanol–water partition coefficient (Wildman–Crippen LogP) is 1.85. The van der Waals surface area contributed by atoms with E-state index in [1.54, 1.807) is 13.0 Å². The van der Waals surface area contributed by atoms with E-state index in [0.29, 0.717) is 12.3 Å². The van der Waals surface area contributed by atoms with Gasteiger partial charge in [0.2, 0.25) is 0 Å². The van der Waals surface area contributed by atoms with E-state index in [1.807, 2.05) is 12.1 Å². The molecule has 88 valence electrons. The van der Waals surface area contributed by atoms with E-state index < -0.39 is 12.1 Å². The molecular formula is C11H14BrNO3. The zero-order valence-corrected chi connectivity index (χ0v) is 10.8. The SMILES string of the molecule is COC(=O)C(C)Oc1ccc(CN)cc1Br. The summed E-state index contributed by atoms with van der Waals surface area (Å²) in [7, 11) is 1.33.